The molecular formula is C14H22N2O2S2. The van der Waals surface area contributed by atoms with Gasteiger partial charge in [0.1, 0.15) is 0 Å². The molecule has 2 N–H and O–H groups in total. The molecule has 0 aliphatic carbocycles. The fraction of sp³-hybridized carbons (Fsp3) is 0.571. The molecule has 4 nitrogen and oxygen atoms in total. The zero-order valence-corrected chi connectivity index (χ0v) is 13.8. The Hall–Kier alpha value is -0.560. The topological polar surface area (TPSA) is 63.4 Å². The predicted molar refractivity (Wildman–Crippen MR) is 83.4 cm³/mol. The van der Waals surface area contributed by atoms with Crippen LogP contribution in [0, 0.1) is 5.41 Å². The first-order valence-corrected chi connectivity index (χ1v) is 9.33. The molecule has 0 aromatic heterocycles. The second-order valence-corrected chi connectivity index (χ2v) is 8.72. The number of hydrogen-bond acceptors (Lipinski definition) is 4. The number of sulfonamides is 1. The molecule has 20 heavy (non-hydrogen) atoms. The van der Waals surface area contributed by atoms with E-state index >= 15 is 0 Å². The van der Waals surface area contributed by atoms with Crippen LogP contribution in [0.1, 0.15) is 20.3 Å². The molecule has 1 unspecified atom stereocenters. The smallest absolute Gasteiger partial charge is 0.243 e. The highest BCUT2D eigenvalue weighted by Gasteiger charge is 2.38. The minimum atomic E-state index is -3.42. The van der Waals surface area contributed by atoms with Crippen molar-refractivity contribution < 1.29 is 8.42 Å². The molecular weight excluding hydrogens is 292 g/mol. The minimum absolute atomic E-state index is 0.0477. The van der Waals surface area contributed by atoms with Gasteiger partial charge in [0.25, 0.3) is 0 Å². The Morgan fingerprint density at radius 3 is 2.70 bits per heavy atom. The van der Waals surface area contributed by atoms with Gasteiger partial charge in [-0.1, -0.05) is 19.9 Å². The number of nitrogens with zero attached hydrogens (tertiary/aromatic N) is 1. The first-order chi connectivity index (χ1) is 9.27. The number of rotatable bonds is 3. The standard InChI is InChI=1S/C14H22N2O2S2/c1-14(2)10-16(8-7-13(14)15)20(17,18)12-6-4-5-11(9-12)19-3/h4-6,9,13H,7-8,10,15H2,1-3H3. The van der Waals surface area contributed by atoms with Crippen molar-refractivity contribution in [2.75, 3.05) is 19.3 Å². The number of benzene rings is 1. The Kier molecular flexibility index (Phi) is 4.49. The maximum atomic E-state index is 12.7. The average molecular weight is 314 g/mol. The van der Waals surface area contributed by atoms with Crippen molar-refractivity contribution in [3.05, 3.63) is 24.3 Å². The van der Waals surface area contributed by atoms with Gasteiger partial charge in [-0.15, -0.1) is 11.8 Å². The number of thioether (sulfide) groups is 1. The molecule has 1 aromatic carbocycles. The normalized spacial score (nSPS) is 23.7. The Morgan fingerprint density at radius 1 is 1.40 bits per heavy atom. The third kappa shape index (κ3) is 3.03. The summed E-state index contributed by atoms with van der Waals surface area (Å²) in [5.74, 6) is 0. The van der Waals surface area contributed by atoms with E-state index in [9.17, 15) is 8.42 Å². The number of nitrogens with two attached hydrogens (primary N) is 1. The van der Waals surface area contributed by atoms with E-state index in [1.54, 1.807) is 34.3 Å². The molecule has 1 aliphatic heterocycles. The Morgan fingerprint density at radius 2 is 2.10 bits per heavy atom. The van der Waals surface area contributed by atoms with E-state index in [0.717, 1.165) is 4.90 Å². The lowest BCUT2D eigenvalue weighted by atomic mass is 9.81. The summed E-state index contributed by atoms with van der Waals surface area (Å²) in [6.07, 6.45) is 2.64. The summed E-state index contributed by atoms with van der Waals surface area (Å²) < 4.78 is 27.0. The highest BCUT2D eigenvalue weighted by Crippen LogP contribution is 2.31. The molecule has 112 valence electrons. The van der Waals surface area contributed by atoms with Crippen LogP contribution in [-0.2, 0) is 10.0 Å². The molecule has 0 radical (unpaired) electrons. The fourth-order valence-corrected chi connectivity index (χ4v) is 4.65. The van der Waals surface area contributed by atoms with Crippen LogP contribution < -0.4 is 5.73 Å². The molecule has 1 atom stereocenters. The molecule has 1 aliphatic rings. The summed E-state index contributed by atoms with van der Waals surface area (Å²) in [5.41, 5.74) is 5.89. The zero-order valence-electron chi connectivity index (χ0n) is 12.2. The quantitative estimate of drug-likeness (QED) is 0.868. The maximum absolute atomic E-state index is 12.7. The summed E-state index contributed by atoms with van der Waals surface area (Å²) in [4.78, 5) is 1.33. The summed E-state index contributed by atoms with van der Waals surface area (Å²) in [6.45, 7) is 5.02. The molecule has 0 saturated carbocycles. The van der Waals surface area contributed by atoms with E-state index in [4.69, 9.17) is 5.73 Å². The van der Waals surface area contributed by atoms with Crippen molar-refractivity contribution in [1.29, 1.82) is 0 Å². The first-order valence-electron chi connectivity index (χ1n) is 6.67. The van der Waals surface area contributed by atoms with Crippen molar-refractivity contribution in [3.63, 3.8) is 0 Å². The fourth-order valence-electron chi connectivity index (χ4n) is 2.44. The molecule has 1 fully saturated rings. The van der Waals surface area contributed by atoms with Crippen molar-refractivity contribution in [1.82, 2.24) is 4.31 Å². The van der Waals surface area contributed by atoms with Crippen LogP contribution in [-0.4, -0.2) is 38.1 Å². The lowest BCUT2D eigenvalue weighted by molar-refractivity contribution is 0.155. The summed E-state index contributed by atoms with van der Waals surface area (Å²) in [5, 5.41) is 0. The van der Waals surface area contributed by atoms with Crippen molar-refractivity contribution in [3.8, 4) is 0 Å². The third-order valence-electron chi connectivity index (χ3n) is 3.96. The number of hydrogen-bond donors (Lipinski definition) is 1. The highest BCUT2D eigenvalue weighted by atomic mass is 32.2. The molecule has 1 aromatic rings. The lowest BCUT2D eigenvalue weighted by Crippen LogP contribution is -2.53. The summed E-state index contributed by atoms with van der Waals surface area (Å²) >= 11 is 1.54. The van der Waals surface area contributed by atoms with Crippen molar-refractivity contribution >= 4 is 21.8 Å². The van der Waals surface area contributed by atoms with E-state index in [0.29, 0.717) is 24.4 Å². The maximum Gasteiger partial charge on any atom is 0.243 e. The van der Waals surface area contributed by atoms with E-state index in [-0.39, 0.29) is 11.5 Å². The Balaban J connectivity index is 2.31. The molecule has 1 saturated heterocycles. The number of piperidine rings is 1. The third-order valence-corrected chi connectivity index (χ3v) is 6.52. The van der Waals surface area contributed by atoms with E-state index < -0.39 is 10.0 Å². The molecule has 0 bridgehead atoms. The van der Waals surface area contributed by atoms with Crippen molar-refractivity contribution in [2.45, 2.75) is 36.1 Å². The molecule has 1 heterocycles. The SMILES string of the molecule is CSc1cccc(S(=O)(=O)N2CCC(N)C(C)(C)C2)c1. The van der Waals surface area contributed by atoms with Gasteiger partial charge in [-0.2, -0.15) is 4.31 Å². The lowest BCUT2D eigenvalue weighted by Gasteiger charge is -2.41. The molecule has 6 heteroatoms. The van der Waals surface area contributed by atoms with E-state index in [1.165, 1.54) is 0 Å². The van der Waals surface area contributed by atoms with Gasteiger partial charge in [0.2, 0.25) is 10.0 Å². The molecule has 0 spiro atoms. The van der Waals surface area contributed by atoms with Crippen LogP contribution in [0.3, 0.4) is 0 Å². The summed E-state index contributed by atoms with van der Waals surface area (Å²) in [6, 6.07) is 7.16. The van der Waals surface area contributed by atoms with Gasteiger partial charge in [-0.05, 0) is 36.3 Å². The Labute approximate surface area is 125 Å². The highest BCUT2D eigenvalue weighted by molar-refractivity contribution is 7.98. The van der Waals surface area contributed by atoms with Gasteiger partial charge in [-0.3, -0.25) is 0 Å². The van der Waals surface area contributed by atoms with Crippen LogP contribution in [0.4, 0.5) is 0 Å². The van der Waals surface area contributed by atoms with E-state index in [2.05, 4.69) is 0 Å². The monoisotopic (exact) mass is 314 g/mol. The largest absolute Gasteiger partial charge is 0.327 e. The Bertz CT molecular complexity index is 585. The van der Waals surface area contributed by atoms with Gasteiger partial charge < -0.3 is 5.73 Å². The van der Waals surface area contributed by atoms with Crippen LogP contribution >= 0.6 is 11.8 Å². The van der Waals surface area contributed by atoms with Gasteiger partial charge in [0.05, 0.1) is 4.90 Å². The molecule has 0 amide bonds. The van der Waals surface area contributed by atoms with Crippen LogP contribution in [0.2, 0.25) is 0 Å². The average Bonchev–Trinajstić information content (AvgIpc) is 2.41. The van der Waals surface area contributed by atoms with Crippen LogP contribution in [0.25, 0.3) is 0 Å². The molecule has 2 rings (SSSR count). The van der Waals surface area contributed by atoms with Gasteiger partial charge in [0.15, 0.2) is 0 Å². The summed E-state index contributed by atoms with van der Waals surface area (Å²) in [7, 11) is -3.42. The van der Waals surface area contributed by atoms with Gasteiger partial charge in [-0.25, -0.2) is 8.42 Å². The zero-order chi connectivity index (χ0) is 15.0. The predicted octanol–water partition coefficient (Wildman–Crippen LogP) is 2.16. The van der Waals surface area contributed by atoms with Crippen LogP contribution in [0.15, 0.2) is 34.1 Å². The minimum Gasteiger partial charge on any atom is -0.327 e. The second-order valence-electron chi connectivity index (χ2n) is 5.90. The van der Waals surface area contributed by atoms with Crippen LogP contribution in [0.5, 0.6) is 0 Å². The van der Waals surface area contributed by atoms with Crippen molar-refractivity contribution in [2.24, 2.45) is 11.1 Å². The first kappa shape index (κ1) is 15.8. The van der Waals surface area contributed by atoms with Gasteiger partial charge >= 0.3 is 0 Å². The second kappa shape index (κ2) is 5.67. The van der Waals surface area contributed by atoms with Gasteiger partial charge in [0, 0.05) is 24.0 Å². The van der Waals surface area contributed by atoms with E-state index in [1.807, 2.05) is 26.2 Å².